The molecule has 11 heteroatoms. The van der Waals surface area contributed by atoms with Crippen LogP contribution in [0.5, 0.6) is 0 Å². The van der Waals surface area contributed by atoms with Crippen LogP contribution in [0.4, 0.5) is 10.1 Å². The van der Waals surface area contributed by atoms with Gasteiger partial charge in [0.25, 0.3) is 0 Å². The molecule has 5 aliphatic carbocycles. The zero-order valence-electron chi connectivity index (χ0n) is 38.3. The van der Waals surface area contributed by atoms with Crippen molar-refractivity contribution >= 4 is 41.3 Å². The van der Waals surface area contributed by atoms with Crippen molar-refractivity contribution in [2.24, 2.45) is 56.2 Å². The molecule has 0 amide bonds. The Balaban J connectivity index is 1.40. The Bertz CT molecular complexity index is 1940. The van der Waals surface area contributed by atoms with Crippen LogP contribution < -0.4 is 5.01 Å². The van der Waals surface area contributed by atoms with Gasteiger partial charge in [0.1, 0.15) is 17.0 Å². The lowest BCUT2D eigenvalue weighted by Gasteiger charge is -2.72. The number of rotatable bonds is 13. The maximum absolute atomic E-state index is 14.7. The monoisotopic (exact) mass is 852 g/mol. The molecule has 6 rings (SSSR count). The summed E-state index contributed by atoms with van der Waals surface area (Å²) < 4.78 is 20.4. The van der Waals surface area contributed by atoms with Gasteiger partial charge in [0.15, 0.2) is 12.1 Å². The molecule has 0 saturated heterocycles. The van der Waals surface area contributed by atoms with E-state index in [1.54, 1.807) is 26.0 Å². The number of aldehydes is 1. The molecule has 0 spiro atoms. The quantitative estimate of drug-likeness (QED) is 0.0898. The van der Waals surface area contributed by atoms with E-state index in [1.807, 2.05) is 26.2 Å². The summed E-state index contributed by atoms with van der Waals surface area (Å²) in [6.07, 6.45) is 7.63. The fourth-order valence-corrected chi connectivity index (χ4v) is 14.2. The molecule has 1 N–H and O–H groups in total. The SMILES string of the molecule is CC(C)C1=C2C3CCC4C5(C)CCC(OC(=O)CC(C)(C)C(=O)O)C(C)(C)C5CCC4(C)[C@]3(C)CCC2(/C(=C(\Cl)C=O)N(CCN(C)C)N(C)c2ccc(F)cc2)CC1=O. The van der Waals surface area contributed by atoms with E-state index in [9.17, 15) is 28.7 Å². The van der Waals surface area contributed by atoms with Crippen LogP contribution in [-0.4, -0.2) is 79.4 Å². The van der Waals surface area contributed by atoms with Crippen molar-refractivity contribution < 1.29 is 33.4 Å². The normalized spacial score (nSPS) is 34.0. The number of esters is 1. The van der Waals surface area contributed by atoms with Crippen molar-refractivity contribution in [3.8, 4) is 0 Å². The Morgan fingerprint density at radius 3 is 2.17 bits per heavy atom. The highest BCUT2D eigenvalue weighted by molar-refractivity contribution is 6.39. The van der Waals surface area contributed by atoms with E-state index in [4.69, 9.17) is 16.3 Å². The van der Waals surface area contributed by atoms with Crippen LogP contribution in [0.1, 0.15) is 127 Å². The summed E-state index contributed by atoms with van der Waals surface area (Å²) in [6, 6.07) is 6.33. The lowest BCUT2D eigenvalue weighted by molar-refractivity contribution is -0.233. The number of carbonyl (C=O) groups is 4. The minimum absolute atomic E-state index is 0.0170. The molecule has 0 aliphatic heterocycles. The van der Waals surface area contributed by atoms with E-state index in [-0.39, 0.29) is 69.1 Å². The third-order valence-corrected chi connectivity index (χ3v) is 17.4. The first-order valence-corrected chi connectivity index (χ1v) is 22.7. The van der Waals surface area contributed by atoms with Crippen LogP contribution in [0.25, 0.3) is 0 Å². The highest BCUT2D eigenvalue weighted by atomic mass is 35.5. The van der Waals surface area contributed by atoms with Gasteiger partial charge < -0.3 is 14.7 Å². The molecule has 1 aromatic rings. The first-order valence-electron chi connectivity index (χ1n) is 22.3. The Morgan fingerprint density at radius 1 is 0.933 bits per heavy atom. The number of fused-ring (bicyclic) bond motifs is 7. The van der Waals surface area contributed by atoms with Gasteiger partial charge in [-0.2, -0.15) is 0 Å². The summed E-state index contributed by atoms with van der Waals surface area (Å²) in [7, 11) is 5.93. The Morgan fingerprint density at radius 2 is 1.58 bits per heavy atom. The summed E-state index contributed by atoms with van der Waals surface area (Å²) in [6.45, 7) is 20.5. The molecule has 0 aromatic heterocycles. The predicted molar refractivity (Wildman–Crippen MR) is 234 cm³/mol. The zero-order chi connectivity index (χ0) is 44.5. The summed E-state index contributed by atoms with van der Waals surface area (Å²) in [5.74, 6) is -0.882. The first-order chi connectivity index (χ1) is 27.8. The summed E-state index contributed by atoms with van der Waals surface area (Å²) in [5.41, 5.74) is 0.959. The number of ketones is 1. The molecule has 60 heavy (non-hydrogen) atoms. The molecule has 0 radical (unpaired) electrons. The smallest absolute Gasteiger partial charge is 0.309 e. The second-order valence-corrected chi connectivity index (χ2v) is 22.1. The van der Waals surface area contributed by atoms with Gasteiger partial charge in [-0.1, -0.05) is 60.1 Å². The number of ether oxygens (including phenoxy) is 1. The summed E-state index contributed by atoms with van der Waals surface area (Å²) >= 11 is 7.20. The van der Waals surface area contributed by atoms with Gasteiger partial charge in [0.2, 0.25) is 0 Å². The van der Waals surface area contributed by atoms with Crippen LogP contribution >= 0.6 is 11.6 Å². The molecule has 4 saturated carbocycles. The van der Waals surface area contributed by atoms with Gasteiger partial charge in [-0.15, -0.1) is 0 Å². The van der Waals surface area contributed by atoms with Crippen molar-refractivity contribution in [2.45, 2.75) is 133 Å². The van der Waals surface area contributed by atoms with Gasteiger partial charge >= 0.3 is 11.9 Å². The van der Waals surface area contributed by atoms with Gasteiger partial charge in [-0.3, -0.25) is 29.2 Å². The maximum atomic E-state index is 14.7. The number of likely N-dealkylation sites (N-methyl/N-ethyl adjacent to an activating group) is 1. The Hall–Kier alpha value is -3.24. The second kappa shape index (κ2) is 16.1. The molecule has 0 heterocycles. The summed E-state index contributed by atoms with van der Waals surface area (Å²) in [4.78, 5) is 54.9. The number of carbonyl (C=O) groups excluding carboxylic acids is 3. The number of hydrazine groups is 1. The molecule has 332 valence electrons. The fraction of sp³-hybridized carbons (Fsp3) is 0.714. The number of carboxylic acids is 1. The predicted octanol–water partition coefficient (Wildman–Crippen LogP) is 10.1. The number of Topliss-reactive ketones (excluding diaryl/α,β-unsaturated/α-hetero) is 1. The molecule has 7 unspecified atom stereocenters. The molecule has 0 bridgehead atoms. The average Bonchev–Trinajstić information content (AvgIpc) is 3.46. The van der Waals surface area contributed by atoms with Crippen LogP contribution in [0, 0.1) is 62.0 Å². The largest absolute Gasteiger partial charge is 0.481 e. The Kier molecular flexibility index (Phi) is 12.5. The van der Waals surface area contributed by atoms with Crippen LogP contribution in [0.2, 0.25) is 0 Å². The highest BCUT2D eigenvalue weighted by Gasteiger charge is 2.71. The molecule has 5 aliphatic rings. The number of aliphatic carboxylic acids is 1. The molecule has 4 fully saturated rings. The van der Waals surface area contributed by atoms with E-state index >= 15 is 0 Å². The van der Waals surface area contributed by atoms with Crippen LogP contribution in [0.3, 0.4) is 0 Å². The van der Waals surface area contributed by atoms with Gasteiger partial charge in [-0.05, 0) is 155 Å². The number of hydrogen-bond acceptors (Lipinski definition) is 8. The van der Waals surface area contributed by atoms with Crippen molar-refractivity contribution in [1.82, 2.24) is 9.91 Å². The number of nitrogens with zero attached hydrogens (tertiary/aromatic N) is 3. The number of benzene rings is 1. The van der Waals surface area contributed by atoms with Crippen molar-refractivity contribution in [2.75, 3.05) is 39.2 Å². The topological polar surface area (TPSA) is 107 Å². The fourth-order valence-electron chi connectivity index (χ4n) is 13.9. The standard InChI is InChI=1S/C49H71ClFN3O6/c1-30(2)40-35(56)27-49(42(34(50)29-55)54(26-25-52(10)11)53(12)32-15-13-31(51)14-16-32)24-23-47(8)33(41(40)49)17-18-37-46(7)21-20-38(60-39(57)28-44(3,4)43(58)59)45(5,6)36(46)19-22-48(37,47)9/h13-16,29-30,33,36-38H,17-28H2,1-12H3,(H,58,59)/b42-34+/t33?,36?,37?,38?,46?,47-,48?,49?/m1/s1. The van der Waals surface area contributed by atoms with E-state index in [0.717, 1.165) is 62.5 Å². The number of anilines is 1. The zero-order valence-corrected chi connectivity index (χ0v) is 39.1. The second-order valence-electron chi connectivity index (χ2n) is 21.7. The van der Waals surface area contributed by atoms with Crippen molar-refractivity contribution in [1.29, 1.82) is 0 Å². The number of allylic oxidation sites excluding steroid dienone is 3. The maximum Gasteiger partial charge on any atom is 0.309 e. The first kappa shape index (κ1) is 46.3. The third kappa shape index (κ3) is 7.35. The van der Waals surface area contributed by atoms with E-state index in [2.05, 4.69) is 58.4 Å². The molecule has 8 atom stereocenters. The van der Waals surface area contributed by atoms with Crippen LogP contribution in [-0.2, 0) is 23.9 Å². The van der Waals surface area contributed by atoms with E-state index in [0.29, 0.717) is 37.0 Å². The lowest BCUT2D eigenvalue weighted by Crippen LogP contribution is -2.66. The Labute approximate surface area is 363 Å². The number of carboxylic acid groups (broad SMARTS) is 1. The van der Waals surface area contributed by atoms with Gasteiger partial charge in [-0.25, -0.2) is 4.39 Å². The minimum atomic E-state index is -1.20. The molecule has 1 aromatic carbocycles. The van der Waals surface area contributed by atoms with Gasteiger partial charge in [0, 0.05) is 30.8 Å². The average molecular weight is 853 g/mol. The lowest BCUT2D eigenvalue weighted by atomic mass is 9.33. The van der Waals surface area contributed by atoms with Crippen LogP contribution in [0.15, 0.2) is 46.1 Å². The van der Waals surface area contributed by atoms with E-state index < -0.39 is 22.8 Å². The minimum Gasteiger partial charge on any atom is -0.481 e. The molecular formula is C49H71ClFN3O6. The number of hydrogen-bond donors (Lipinski definition) is 1. The van der Waals surface area contributed by atoms with Crippen molar-refractivity contribution in [3.05, 3.63) is 52.0 Å². The van der Waals surface area contributed by atoms with Gasteiger partial charge in [0.05, 0.1) is 29.8 Å². The molecule has 9 nitrogen and oxygen atoms in total. The number of halogens is 2. The van der Waals surface area contributed by atoms with E-state index in [1.165, 1.54) is 17.7 Å². The molecular weight excluding hydrogens is 781 g/mol. The third-order valence-electron chi connectivity index (χ3n) is 17.2. The van der Waals surface area contributed by atoms with Crippen molar-refractivity contribution in [3.63, 3.8) is 0 Å². The summed E-state index contributed by atoms with van der Waals surface area (Å²) in [5, 5.41) is 13.8. The highest BCUT2D eigenvalue weighted by Crippen LogP contribution is 2.77.